The summed E-state index contributed by atoms with van der Waals surface area (Å²) >= 11 is 6.08. The minimum Gasteiger partial charge on any atom is -0.479 e. The molecule has 1 aromatic carbocycles. The maximum Gasteiger partial charge on any atom is 0.274 e. The largest absolute Gasteiger partial charge is 0.479 e. The minimum absolute atomic E-state index is 0.394. The van der Waals surface area contributed by atoms with E-state index >= 15 is 0 Å². The van der Waals surface area contributed by atoms with Crippen molar-refractivity contribution in [3.8, 4) is 5.75 Å². The van der Waals surface area contributed by atoms with Crippen LogP contribution in [0.4, 0.5) is 0 Å². The molecule has 0 spiro atoms. The SMILES string of the molecule is CC(Oc1ccc(C(C)C)cc1Cl)C(=O)NN. The Morgan fingerprint density at radius 3 is 2.53 bits per heavy atom. The van der Waals surface area contributed by atoms with Gasteiger partial charge >= 0.3 is 0 Å². The Morgan fingerprint density at radius 1 is 1.41 bits per heavy atom. The fraction of sp³-hybridized carbons (Fsp3) is 0.417. The smallest absolute Gasteiger partial charge is 0.274 e. The fourth-order valence-electron chi connectivity index (χ4n) is 1.33. The number of halogens is 1. The third-order valence-electron chi connectivity index (χ3n) is 2.44. The van der Waals surface area contributed by atoms with Crippen LogP contribution in [-0.2, 0) is 4.79 Å². The predicted octanol–water partition coefficient (Wildman–Crippen LogP) is 2.22. The van der Waals surface area contributed by atoms with Crippen molar-refractivity contribution in [2.45, 2.75) is 32.8 Å². The van der Waals surface area contributed by atoms with Crippen molar-refractivity contribution in [2.24, 2.45) is 5.84 Å². The number of carbonyl (C=O) groups is 1. The van der Waals surface area contributed by atoms with Gasteiger partial charge in [0.25, 0.3) is 5.91 Å². The lowest BCUT2D eigenvalue weighted by atomic mass is 10.0. The van der Waals surface area contributed by atoms with Crippen molar-refractivity contribution >= 4 is 17.5 Å². The van der Waals surface area contributed by atoms with Crippen molar-refractivity contribution in [1.82, 2.24) is 5.43 Å². The lowest BCUT2D eigenvalue weighted by molar-refractivity contribution is -0.127. The Balaban J connectivity index is 2.83. The van der Waals surface area contributed by atoms with Crippen LogP contribution in [0.1, 0.15) is 32.3 Å². The van der Waals surface area contributed by atoms with Crippen LogP contribution >= 0.6 is 11.6 Å². The van der Waals surface area contributed by atoms with Gasteiger partial charge in [0.1, 0.15) is 5.75 Å². The molecule has 0 aliphatic heterocycles. The van der Waals surface area contributed by atoms with Gasteiger partial charge in [-0.2, -0.15) is 0 Å². The number of nitrogens with two attached hydrogens (primary N) is 1. The molecule has 1 rings (SSSR count). The molecule has 3 N–H and O–H groups in total. The van der Waals surface area contributed by atoms with E-state index in [2.05, 4.69) is 13.8 Å². The highest BCUT2D eigenvalue weighted by atomic mass is 35.5. The van der Waals surface area contributed by atoms with Crippen molar-refractivity contribution < 1.29 is 9.53 Å². The van der Waals surface area contributed by atoms with Crippen LogP contribution in [0.2, 0.25) is 5.02 Å². The van der Waals surface area contributed by atoms with E-state index in [1.54, 1.807) is 13.0 Å². The van der Waals surface area contributed by atoms with E-state index in [4.69, 9.17) is 22.2 Å². The molecule has 0 heterocycles. The highest BCUT2D eigenvalue weighted by Gasteiger charge is 2.15. The summed E-state index contributed by atoms with van der Waals surface area (Å²) in [6.45, 7) is 5.77. The summed E-state index contributed by atoms with van der Waals surface area (Å²) < 4.78 is 5.41. The number of hydrazine groups is 1. The summed E-state index contributed by atoms with van der Waals surface area (Å²) in [4.78, 5) is 11.2. The third-order valence-corrected chi connectivity index (χ3v) is 2.73. The van der Waals surface area contributed by atoms with Crippen molar-refractivity contribution in [3.05, 3.63) is 28.8 Å². The Morgan fingerprint density at radius 2 is 2.06 bits per heavy atom. The zero-order chi connectivity index (χ0) is 13.0. The number of nitrogens with one attached hydrogen (secondary N) is 1. The molecule has 0 aromatic heterocycles. The quantitative estimate of drug-likeness (QED) is 0.493. The van der Waals surface area contributed by atoms with Gasteiger partial charge in [0.2, 0.25) is 0 Å². The molecule has 1 amide bonds. The van der Waals surface area contributed by atoms with Crippen LogP contribution in [0, 0.1) is 0 Å². The zero-order valence-electron chi connectivity index (χ0n) is 10.2. The Hall–Kier alpha value is -1.26. The lowest BCUT2D eigenvalue weighted by Gasteiger charge is -2.15. The van der Waals surface area contributed by atoms with Gasteiger partial charge in [-0.25, -0.2) is 5.84 Å². The van der Waals surface area contributed by atoms with Crippen LogP contribution in [-0.4, -0.2) is 12.0 Å². The molecule has 0 aliphatic rings. The fourth-order valence-corrected chi connectivity index (χ4v) is 1.57. The summed E-state index contributed by atoms with van der Waals surface area (Å²) in [7, 11) is 0. The van der Waals surface area contributed by atoms with Crippen LogP contribution in [0.5, 0.6) is 5.75 Å². The summed E-state index contributed by atoms with van der Waals surface area (Å²) in [5, 5.41) is 0.493. The maximum atomic E-state index is 11.2. The van der Waals surface area contributed by atoms with Gasteiger partial charge in [-0.1, -0.05) is 31.5 Å². The average Bonchev–Trinajstić information content (AvgIpc) is 2.30. The van der Waals surface area contributed by atoms with Crippen LogP contribution in [0.3, 0.4) is 0 Å². The van der Waals surface area contributed by atoms with Gasteiger partial charge in [-0.05, 0) is 30.5 Å². The molecule has 0 saturated heterocycles. The van der Waals surface area contributed by atoms with Crippen molar-refractivity contribution in [2.75, 3.05) is 0 Å². The van der Waals surface area contributed by atoms with E-state index in [1.165, 1.54) is 0 Å². The minimum atomic E-state index is -0.678. The van der Waals surface area contributed by atoms with Gasteiger partial charge in [0.15, 0.2) is 6.10 Å². The molecule has 1 aromatic rings. The second-order valence-electron chi connectivity index (χ2n) is 4.11. The number of carbonyl (C=O) groups excluding carboxylic acids is 1. The molecule has 0 bridgehead atoms. The molecular formula is C12H17ClN2O2. The number of rotatable bonds is 4. The van der Waals surface area contributed by atoms with Crippen molar-refractivity contribution in [1.29, 1.82) is 0 Å². The average molecular weight is 257 g/mol. The third kappa shape index (κ3) is 3.61. The molecule has 0 saturated carbocycles. The first-order valence-corrected chi connectivity index (χ1v) is 5.80. The second kappa shape index (κ2) is 5.89. The zero-order valence-corrected chi connectivity index (χ0v) is 10.9. The molecular weight excluding hydrogens is 240 g/mol. The molecule has 1 atom stereocenters. The van der Waals surface area contributed by atoms with Gasteiger partial charge in [-0.3, -0.25) is 10.2 Å². The van der Waals surface area contributed by atoms with Gasteiger partial charge in [-0.15, -0.1) is 0 Å². The standard InChI is InChI=1S/C12H17ClN2O2/c1-7(2)9-4-5-11(10(13)6-9)17-8(3)12(16)15-14/h4-8H,14H2,1-3H3,(H,15,16). The highest BCUT2D eigenvalue weighted by molar-refractivity contribution is 6.32. The van der Waals surface area contributed by atoms with E-state index in [-0.39, 0.29) is 0 Å². The van der Waals surface area contributed by atoms with E-state index in [0.29, 0.717) is 16.7 Å². The van der Waals surface area contributed by atoms with Crippen molar-refractivity contribution in [3.63, 3.8) is 0 Å². The van der Waals surface area contributed by atoms with Crippen LogP contribution in [0.15, 0.2) is 18.2 Å². The summed E-state index contributed by atoms with van der Waals surface area (Å²) in [6, 6.07) is 5.53. The molecule has 5 heteroatoms. The Bertz CT molecular complexity index is 407. The number of hydrogen-bond donors (Lipinski definition) is 2. The first-order chi connectivity index (χ1) is 7.95. The number of benzene rings is 1. The van der Waals surface area contributed by atoms with E-state index < -0.39 is 12.0 Å². The molecule has 94 valence electrons. The second-order valence-corrected chi connectivity index (χ2v) is 4.52. The van der Waals surface area contributed by atoms with Crippen LogP contribution < -0.4 is 16.0 Å². The lowest BCUT2D eigenvalue weighted by Crippen LogP contribution is -2.40. The maximum absolute atomic E-state index is 11.2. The molecule has 0 radical (unpaired) electrons. The number of hydrogen-bond acceptors (Lipinski definition) is 3. The first-order valence-electron chi connectivity index (χ1n) is 5.42. The highest BCUT2D eigenvalue weighted by Crippen LogP contribution is 2.29. The van der Waals surface area contributed by atoms with Gasteiger partial charge in [0.05, 0.1) is 5.02 Å². The topological polar surface area (TPSA) is 64.3 Å². The summed E-state index contributed by atoms with van der Waals surface area (Å²) in [5.74, 6) is 5.50. The number of amides is 1. The first kappa shape index (κ1) is 13.8. The summed E-state index contributed by atoms with van der Waals surface area (Å²) in [5.41, 5.74) is 3.15. The summed E-state index contributed by atoms with van der Waals surface area (Å²) in [6.07, 6.45) is -0.678. The van der Waals surface area contributed by atoms with Crippen LogP contribution in [0.25, 0.3) is 0 Å². The molecule has 1 unspecified atom stereocenters. The molecule has 0 fully saturated rings. The van der Waals surface area contributed by atoms with E-state index in [1.807, 2.05) is 17.6 Å². The monoisotopic (exact) mass is 256 g/mol. The Kier molecular flexibility index (Phi) is 4.78. The van der Waals surface area contributed by atoms with Gasteiger partial charge < -0.3 is 4.74 Å². The van der Waals surface area contributed by atoms with E-state index in [9.17, 15) is 4.79 Å². The number of ether oxygens (including phenoxy) is 1. The molecule has 17 heavy (non-hydrogen) atoms. The molecule has 0 aliphatic carbocycles. The molecule has 4 nitrogen and oxygen atoms in total. The predicted molar refractivity (Wildman–Crippen MR) is 68.0 cm³/mol. The Labute approximate surface area is 106 Å². The van der Waals surface area contributed by atoms with E-state index in [0.717, 1.165) is 5.56 Å². The normalized spacial score (nSPS) is 12.4. The van der Waals surface area contributed by atoms with Gasteiger partial charge in [0, 0.05) is 0 Å².